The minimum atomic E-state index is -0.296. The van der Waals surface area contributed by atoms with Gasteiger partial charge in [-0.2, -0.15) is 10.2 Å². The van der Waals surface area contributed by atoms with E-state index in [1.807, 2.05) is 46.2 Å². The van der Waals surface area contributed by atoms with Gasteiger partial charge in [-0.05, 0) is 88.1 Å². The van der Waals surface area contributed by atoms with Crippen molar-refractivity contribution in [3.63, 3.8) is 0 Å². The van der Waals surface area contributed by atoms with E-state index in [9.17, 15) is 0 Å². The summed E-state index contributed by atoms with van der Waals surface area (Å²) in [5.41, 5.74) is 12.6. The summed E-state index contributed by atoms with van der Waals surface area (Å²) in [6.07, 6.45) is 5.57. The van der Waals surface area contributed by atoms with Gasteiger partial charge in [0.05, 0.1) is 17.1 Å². The fraction of sp³-hybridized carbons (Fsp3) is 0.233. The number of pyridine rings is 1. The van der Waals surface area contributed by atoms with E-state index in [2.05, 4.69) is 82.9 Å². The predicted molar refractivity (Wildman–Crippen MR) is 142 cm³/mol. The van der Waals surface area contributed by atoms with Crippen LogP contribution in [-0.2, 0) is 0 Å². The summed E-state index contributed by atoms with van der Waals surface area (Å²) in [6, 6.07) is 19.0. The summed E-state index contributed by atoms with van der Waals surface area (Å²) in [5.74, 6) is 0. The molecule has 0 saturated heterocycles. The van der Waals surface area contributed by atoms with Crippen molar-refractivity contribution in [2.75, 3.05) is 0 Å². The molecule has 0 aliphatic rings. The molecule has 0 atom stereocenters. The van der Waals surface area contributed by atoms with E-state index < -0.39 is 0 Å². The molecule has 5 heteroatoms. The number of aryl methyl sites for hydroxylation is 6. The highest BCUT2D eigenvalue weighted by molar-refractivity contribution is 5.69. The third kappa shape index (κ3) is 4.30. The maximum Gasteiger partial charge on any atom is 0.185 e. The van der Waals surface area contributed by atoms with Crippen molar-refractivity contribution >= 4 is 0 Å². The Bertz CT molecular complexity index is 1370. The molecule has 176 valence electrons. The van der Waals surface area contributed by atoms with E-state index in [0.29, 0.717) is 0 Å². The highest BCUT2D eigenvalue weighted by atomic mass is 15.4. The Balaban J connectivity index is 1.61. The summed E-state index contributed by atoms with van der Waals surface area (Å²) >= 11 is 0. The summed E-state index contributed by atoms with van der Waals surface area (Å²) in [5, 5.41) is 10.1. The standard InChI is InChI=1S/C30H31N5/c1-19-15-21(3)28(22(4)16-19)25-10-13-34(32-25)30(27-9-7-8-12-31-27)35-14-11-26(33-35)29-23(5)17-20(2)18-24(29)6/h7-18,30H,1-6H3. The second-order valence-corrected chi connectivity index (χ2v) is 9.54. The van der Waals surface area contributed by atoms with Gasteiger partial charge in [0.25, 0.3) is 0 Å². The molecule has 2 aromatic carbocycles. The molecular weight excluding hydrogens is 430 g/mol. The van der Waals surface area contributed by atoms with Gasteiger partial charge in [-0.25, -0.2) is 9.36 Å². The molecule has 5 rings (SSSR count). The summed E-state index contributed by atoms with van der Waals surface area (Å²) < 4.78 is 3.92. The Morgan fingerprint density at radius 2 is 1.06 bits per heavy atom. The number of rotatable bonds is 5. The quantitative estimate of drug-likeness (QED) is 0.291. The van der Waals surface area contributed by atoms with Crippen molar-refractivity contribution in [1.82, 2.24) is 24.5 Å². The van der Waals surface area contributed by atoms with E-state index in [0.717, 1.165) is 17.1 Å². The monoisotopic (exact) mass is 461 g/mol. The average Bonchev–Trinajstić information content (AvgIpc) is 3.44. The van der Waals surface area contributed by atoms with Crippen LogP contribution < -0.4 is 0 Å². The number of hydrogen-bond donors (Lipinski definition) is 0. The highest BCUT2D eigenvalue weighted by Crippen LogP contribution is 2.31. The molecule has 5 nitrogen and oxygen atoms in total. The molecule has 3 aromatic heterocycles. The lowest BCUT2D eigenvalue weighted by molar-refractivity contribution is 0.411. The molecule has 5 aromatic rings. The van der Waals surface area contributed by atoms with Gasteiger partial charge in [-0.15, -0.1) is 0 Å². The molecular formula is C30H31N5. The molecule has 0 unspecified atom stereocenters. The van der Waals surface area contributed by atoms with Gasteiger partial charge >= 0.3 is 0 Å². The Morgan fingerprint density at radius 1 is 0.600 bits per heavy atom. The zero-order valence-electron chi connectivity index (χ0n) is 21.2. The third-order valence-corrected chi connectivity index (χ3v) is 6.54. The van der Waals surface area contributed by atoms with Crippen molar-refractivity contribution in [3.8, 4) is 22.5 Å². The van der Waals surface area contributed by atoms with Gasteiger partial charge in [0.1, 0.15) is 0 Å². The molecule has 0 saturated carbocycles. The first-order valence-electron chi connectivity index (χ1n) is 12.0. The van der Waals surface area contributed by atoms with Crippen molar-refractivity contribution < 1.29 is 0 Å². The van der Waals surface area contributed by atoms with Crippen LogP contribution in [0.2, 0.25) is 0 Å². The maximum absolute atomic E-state index is 5.03. The van der Waals surface area contributed by atoms with Crippen LogP contribution in [0.15, 0.2) is 73.2 Å². The fourth-order valence-corrected chi connectivity index (χ4v) is 5.30. The molecule has 0 radical (unpaired) electrons. The smallest absolute Gasteiger partial charge is 0.185 e. The predicted octanol–water partition coefficient (Wildman–Crippen LogP) is 6.75. The maximum atomic E-state index is 5.03. The largest absolute Gasteiger partial charge is 0.257 e. The summed E-state index contributed by atoms with van der Waals surface area (Å²) in [7, 11) is 0. The van der Waals surface area contributed by atoms with Gasteiger partial charge in [0, 0.05) is 29.7 Å². The molecule has 0 bridgehead atoms. The Kier molecular flexibility index (Phi) is 5.85. The highest BCUT2D eigenvalue weighted by Gasteiger charge is 2.22. The first-order chi connectivity index (χ1) is 16.8. The number of benzene rings is 2. The summed E-state index contributed by atoms with van der Waals surface area (Å²) in [4.78, 5) is 4.67. The fourth-order valence-electron chi connectivity index (χ4n) is 5.30. The number of aromatic nitrogens is 5. The van der Waals surface area contributed by atoms with Crippen LogP contribution in [0.4, 0.5) is 0 Å². The van der Waals surface area contributed by atoms with E-state index in [-0.39, 0.29) is 6.17 Å². The zero-order chi connectivity index (χ0) is 24.7. The van der Waals surface area contributed by atoms with Crippen LogP contribution in [0, 0.1) is 41.5 Å². The van der Waals surface area contributed by atoms with Crippen molar-refractivity contribution in [3.05, 3.63) is 112 Å². The van der Waals surface area contributed by atoms with Gasteiger partial charge in [-0.1, -0.05) is 41.5 Å². The van der Waals surface area contributed by atoms with E-state index in [4.69, 9.17) is 10.2 Å². The number of nitrogens with zero attached hydrogens (tertiary/aromatic N) is 5. The average molecular weight is 462 g/mol. The Morgan fingerprint density at radius 3 is 1.46 bits per heavy atom. The first kappa shape index (κ1) is 22.8. The third-order valence-electron chi connectivity index (χ3n) is 6.54. The molecule has 0 N–H and O–H groups in total. The van der Waals surface area contributed by atoms with Gasteiger partial charge in [0.15, 0.2) is 6.17 Å². The molecule has 35 heavy (non-hydrogen) atoms. The molecule has 0 fully saturated rings. The lowest BCUT2D eigenvalue weighted by atomic mass is 9.98. The minimum Gasteiger partial charge on any atom is -0.257 e. The Hall–Kier alpha value is -3.99. The second-order valence-electron chi connectivity index (χ2n) is 9.54. The molecule has 0 aliphatic carbocycles. The van der Waals surface area contributed by atoms with E-state index >= 15 is 0 Å². The lowest BCUT2D eigenvalue weighted by Gasteiger charge is -2.18. The van der Waals surface area contributed by atoms with Crippen LogP contribution in [0.3, 0.4) is 0 Å². The second kappa shape index (κ2) is 8.99. The number of hydrogen-bond acceptors (Lipinski definition) is 3. The molecule has 0 aliphatic heterocycles. The van der Waals surface area contributed by atoms with Crippen LogP contribution in [0.5, 0.6) is 0 Å². The first-order valence-corrected chi connectivity index (χ1v) is 12.0. The zero-order valence-corrected chi connectivity index (χ0v) is 21.2. The molecule has 0 spiro atoms. The molecule has 3 heterocycles. The van der Waals surface area contributed by atoms with Gasteiger partial charge < -0.3 is 0 Å². The SMILES string of the molecule is Cc1cc(C)c(-c2ccn(C(c3ccccn3)n3ccc(-c4c(C)cc(C)cc4C)n3)n2)c(C)c1. The Labute approximate surface area is 207 Å². The van der Waals surface area contributed by atoms with Crippen LogP contribution in [-0.4, -0.2) is 24.5 Å². The van der Waals surface area contributed by atoms with Crippen LogP contribution >= 0.6 is 0 Å². The molecule has 0 amide bonds. The van der Waals surface area contributed by atoms with E-state index in [1.165, 1.54) is 44.5 Å². The van der Waals surface area contributed by atoms with Gasteiger partial charge in [0.2, 0.25) is 0 Å². The lowest BCUT2D eigenvalue weighted by Crippen LogP contribution is -2.22. The van der Waals surface area contributed by atoms with Crippen molar-refractivity contribution in [2.45, 2.75) is 47.7 Å². The topological polar surface area (TPSA) is 48.5 Å². The van der Waals surface area contributed by atoms with Crippen molar-refractivity contribution in [2.24, 2.45) is 0 Å². The summed E-state index contributed by atoms with van der Waals surface area (Å²) in [6.45, 7) is 12.9. The normalized spacial score (nSPS) is 11.4. The van der Waals surface area contributed by atoms with Gasteiger partial charge in [-0.3, -0.25) is 4.98 Å². The van der Waals surface area contributed by atoms with Crippen LogP contribution in [0.25, 0.3) is 22.5 Å². The van der Waals surface area contributed by atoms with Crippen molar-refractivity contribution in [1.29, 1.82) is 0 Å². The minimum absolute atomic E-state index is 0.296. The van der Waals surface area contributed by atoms with Crippen LogP contribution in [0.1, 0.15) is 45.2 Å². The van der Waals surface area contributed by atoms with E-state index in [1.54, 1.807) is 0 Å².